The van der Waals surface area contributed by atoms with E-state index in [9.17, 15) is 13.2 Å². The molecule has 0 aliphatic rings. The lowest BCUT2D eigenvalue weighted by Crippen LogP contribution is -2.24. The molecule has 0 spiro atoms. The van der Waals surface area contributed by atoms with E-state index in [-0.39, 0.29) is 12.2 Å². The van der Waals surface area contributed by atoms with Gasteiger partial charge in [-0.05, 0) is 12.7 Å². The molecule has 0 bridgehead atoms. The van der Waals surface area contributed by atoms with Crippen molar-refractivity contribution < 1.29 is 18.3 Å². The summed E-state index contributed by atoms with van der Waals surface area (Å²) in [6, 6.07) is 0. The van der Waals surface area contributed by atoms with Gasteiger partial charge in [-0.15, -0.1) is 0 Å². The van der Waals surface area contributed by atoms with Crippen molar-refractivity contribution in [2.45, 2.75) is 25.5 Å². The van der Waals surface area contributed by atoms with E-state index in [0.29, 0.717) is 5.75 Å². The van der Waals surface area contributed by atoms with Crippen LogP contribution < -0.4 is 0 Å². The predicted octanol–water partition coefficient (Wildman–Crippen LogP) is 1.02. The lowest BCUT2D eigenvalue weighted by Gasteiger charge is -2.09. The molecule has 0 aromatic rings. The molecule has 14 heavy (non-hydrogen) atoms. The third-order valence-electron chi connectivity index (χ3n) is 1.79. The van der Waals surface area contributed by atoms with Crippen LogP contribution in [-0.2, 0) is 14.6 Å². The van der Waals surface area contributed by atoms with Crippen molar-refractivity contribution in [2.24, 2.45) is 0 Å². The lowest BCUT2D eigenvalue weighted by atomic mass is 10.3. The Morgan fingerprint density at radius 3 is 2.50 bits per heavy atom. The molecular weight excluding hydrogens is 224 g/mol. The Balaban J connectivity index is 4.10. The smallest absolute Gasteiger partial charge is 0.304 e. The molecule has 0 aromatic heterocycles. The van der Waals surface area contributed by atoms with Gasteiger partial charge in [0.05, 0.1) is 17.4 Å². The highest BCUT2D eigenvalue weighted by Crippen LogP contribution is 2.09. The summed E-state index contributed by atoms with van der Waals surface area (Å²) >= 11 is 1.54. The van der Waals surface area contributed by atoms with Gasteiger partial charge in [-0.1, -0.05) is 6.92 Å². The van der Waals surface area contributed by atoms with Crippen molar-refractivity contribution in [1.82, 2.24) is 0 Å². The maximum atomic E-state index is 11.5. The first-order valence-corrected chi connectivity index (χ1v) is 7.28. The Kier molecular flexibility index (Phi) is 6.19. The highest BCUT2D eigenvalue weighted by Gasteiger charge is 2.22. The first-order valence-electron chi connectivity index (χ1n) is 4.41. The fourth-order valence-corrected chi connectivity index (χ4v) is 3.38. The predicted molar refractivity (Wildman–Crippen MR) is 58.5 cm³/mol. The molecule has 1 N–H and O–H groups in total. The second-order valence-corrected chi connectivity index (χ2v) is 6.90. The molecule has 4 nitrogen and oxygen atoms in total. The number of carboxylic acids is 1. The Labute approximate surface area is 89.0 Å². The van der Waals surface area contributed by atoms with E-state index in [2.05, 4.69) is 0 Å². The molecule has 0 rings (SSSR count). The number of hydrogen-bond acceptors (Lipinski definition) is 4. The third-order valence-corrected chi connectivity index (χ3v) is 5.12. The molecule has 0 aliphatic carbocycles. The van der Waals surface area contributed by atoms with Gasteiger partial charge in [0.15, 0.2) is 9.84 Å². The quantitative estimate of drug-likeness (QED) is 0.673. The van der Waals surface area contributed by atoms with Crippen molar-refractivity contribution in [3.05, 3.63) is 0 Å². The van der Waals surface area contributed by atoms with Crippen LogP contribution in [0.4, 0.5) is 0 Å². The second kappa shape index (κ2) is 6.29. The van der Waals surface area contributed by atoms with Crippen molar-refractivity contribution in [2.75, 3.05) is 17.3 Å². The fourth-order valence-electron chi connectivity index (χ4n) is 0.893. The van der Waals surface area contributed by atoms with Crippen LogP contribution in [0.25, 0.3) is 0 Å². The monoisotopic (exact) mass is 240 g/mol. The van der Waals surface area contributed by atoms with Crippen LogP contribution in [-0.4, -0.2) is 42.0 Å². The summed E-state index contributed by atoms with van der Waals surface area (Å²) in [6.45, 7) is 3.40. The zero-order valence-electron chi connectivity index (χ0n) is 8.39. The van der Waals surface area contributed by atoms with Gasteiger partial charge in [-0.2, -0.15) is 11.8 Å². The average Bonchev–Trinajstić information content (AvgIpc) is 2.03. The first-order chi connectivity index (χ1) is 6.40. The van der Waals surface area contributed by atoms with Crippen molar-refractivity contribution >= 4 is 27.6 Å². The first kappa shape index (κ1) is 13.8. The summed E-state index contributed by atoms with van der Waals surface area (Å²) in [5, 5.41) is 7.67. The Morgan fingerprint density at radius 1 is 1.50 bits per heavy atom. The van der Waals surface area contributed by atoms with Crippen LogP contribution >= 0.6 is 11.8 Å². The van der Waals surface area contributed by atoms with E-state index < -0.39 is 21.1 Å². The number of rotatable bonds is 7. The van der Waals surface area contributed by atoms with Gasteiger partial charge in [0, 0.05) is 5.75 Å². The summed E-state index contributed by atoms with van der Waals surface area (Å²) in [6.07, 6.45) is -0.306. The molecule has 6 heteroatoms. The van der Waals surface area contributed by atoms with Gasteiger partial charge in [0.1, 0.15) is 0 Å². The van der Waals surface area contributed by atoms with E-state index >= 15 is 0 Å². The molecule has 0 heterocycles. The van der Waals surface area contributed by atoms with Gasteiger partial charge in [0.2, 0.25) is 0 Å². The number of sulfone groups is 1. The van der Waals surface area contributed by atoms with Gasteiger partial charge in [-0.3, -0.25) is 4.79 Å². The van der Waals surface area contributed by atoms with E-state index in [0.717, 1.165) is 5.75 Å². The molecule has 0 aromatic carbocycles. The van der Waals surface area contributed by atoms with Gasteiger partial charge in [0.25, 0.3) is 0 Å². The molecule has 0 amide bonds. The number of aliphatic carboxylic acids is 1. The molecule has 0 fully saturated rings. The van der Waals surface area contributed by atoms with E-state index in [1.165, 1.54) is 6.92 Å². The van der Waals surface area contributed by atoms with Gasteiger partial charge in [-0.25, -0.2) is 8.42 Å². The molecule has 0 saturated heterocycles. The normalized spacial score (nSPS) is 13.9. The molecule has 0 radical (unpaired) electrons. The Morgan fingerprint density at radius 2 is 2.07 bits per heavy atom. The highest BCUT2D eigenvalue weighted by molar-refractivity contribution is 8.00. The number of thioether (sulfide) groups is 1. The Hall–Kier alpha value is -0.230. The second-order valence-electron chi connectivity index (χ2n) is 2.97. The van der Waals surface area contributed by atoms with Gasteiger partial charge < -0.3 is 5.11 Å². The number of carboxylic acid groups (broad SMARTS) is 1. The lowest BCUT2D eigenvalue weighted by molar-refractivity contribution is -0.136. The molecule has 0 aliphatic heterocycles. The van der Waals surface area contributed by atoms with Crippen LogP contribution in [0.15, 0.2) is 0 Å². The largest absolute Gasteiger partial charge is 0.481 e. The fraction of sp³-hybridized carbons (Fsp3) is 0.875. The van der Waals surface area contributed by atoms with E-state index in [1.807, 2.05) is 6.92 Å². The molecular formula is C8H16O4S2. The third kappa shape index (κ3) is 5.49. The van der Waals surface area contributed by atoms with E-state index in [4.69, 9.17) is 5.11 Å². The summed E-state index contributed by atoms with van der Waals surface area (Å²) < 4.78 is 22.9. The zero-order chi connectivity index (χ0) is 11.2. The summed E-state index contributed by atoms with van der Waals surface area (Å²) in [5.41, 5.74) is 0. The molecule has 0 saturated carbocycles. The number of hydrogen-bond donors (Lipinski definition) is 1. The summed E-state index contributed by atoms with van der Waals surface area (Å²) in [5.74, 6) is 0.426. The molecule has 1 atom stereocenters. The van der Waals surface area contributed by atoms with Crippen LogP contribution in [0.2, 0.25) is 0 Å². The standard InChI is InChI=1S/C8H16O4S2/c1-3-13-4-5-14(11,12)7(2)6-8(9)10/h7H,3-6H2,1-2H3,(H,9,10). The van der Waals surface area contributed by atoms with Crippen molar-refractivity contribution in [3.8, 4) is 0 Å². The Bertz CT molecular complexity index is 271. The summed E-state index contributed by atoms with van der Waals surface area (Å²) in [4.78, 5) is 10.3. The van der Waals surface area contributed by atoms with Crippen LogP contribution in [0.5, 0.6) is 0 Å². The van der Waals surface area contributed by atoms with Crippen LogP contribution in [0, 0.1) is 0 Å². The maximum Gasteiger partial charge on any atom is 0.304 e. The van der Waals surface area contributed by atoms with Crippen LogP contribution in [0.1, 0.15) is 20.3 Å². The maximum absolute atomic E-state index is 11.5. The minimum atomic E-state index is -3.23. The highest BCUT2D eigenvalue weighted by atomic mass is 32.2. The van der Waals surface area contributed by atoms with Gasteiger partial charge >= 0.3 is 5.97 Å². The van der Waals surface area contributed by atoms with Crippen molar-refractivity contribution in [3.63, 3.8) is 0 Å². The summed E-state index contributed by atoms with van der Waals surface area (Å²) in [7, 11) is -3.23. The minimum absolute atomic E-state index is 0.0694. The van der Waals surface area contributed by atoms with Crippen LogP contribution in [0.3, 0.4) is 0 Å². The molecule has 84 valence electrons. The topological polar surface area (TPSA) is 71.4 Å². The zero-order valence-corrected chi connectivity index (χ0v) is 10.0. The number of carbonyl (C=O) groups is 1. The van der Waals surface area contributed by atoms with Crippen molar-refractivity contribution in [1.29, 1.82) is 0 Å². The minimum Gasteiger partial charge on any atom is -0.481 e. The average molecular weight is 240 g/mol. The SMILES string of the molecule is CCSCCS(=O)(=O)C(C)CC(=O)O. The molecule has 1 unspecified atom stereocenters. The van der Waals surface area contributed by atoms with E-state index in [1.54, 1.807) is 11.8 Å².